The maximum absolute atomic E-state index is 11.2. The average Bonchev–Trinajstić information content (AvgIpc) is 1.66. The highest BCUT2D eigenvalue weighted by Gasteiger charge is 1.97. The van der Waals surface area contributed by atoms with Crippen molar-refractivity contribution in [1.29, 1.82) is 0 Å². The molecule has 0 aliphatic rings. The van der Waals surface area contributed by atoms with Crippen molar-refractivity contribution in [2.45, 2.75) is 6.43 Å². The molecule has 0 aromatic carbocycles. The Morgan fingerprint density at radius 3 is 2.44 bits per heavy atom. The predicted molar refractivity (Wildman–Crippen MR) is 35.0 cm³/mol. The molecule has 0 heterocycles. The Balaban J connectivity index is 0. The molecule has 1 N–H and O–H groups in total. The smallest absolute Gasteiger partial charge is 0.250 e. The third-order valence-electron chi connectivity index (χ3n) is 0.526. The third kappa shape index (κ3) is 11.3. The lowest BCUT2D eigenvalue weighted by Crippen LogP contribution is -2.20. The molecule has 0 aromatic rings. The van der Waals surface area contributed by atoms with E-state index >= 15 is 0 Å². The predicted octanol–water partition coefficient (Wildman–Crippen LogP) is 0.896. The molecule has 54 valence electrons. The van der Waals surface area contributed by atoms with Gasteiger partial charge in [0.15, 0.2) is 0 Å². The van der Waals surface area contributed by atoms with Crippen molar-refractivity contribution in [2.24, 2.45) is 0 Å². The monoisotopic (exact) mass is 155 g/mol. The number of alkyl halides is 2. The van der Waals surface area contributed by atoms with E-state index in [1.807, 2.05) is 0 Å². The van der Waals surface area contributed by atoms with E-state index in [2.05, 4.69) is 11.2 Å². The Morgan fingerprint density at radius 2 is 2.11 bits per heavy atom. The van der Waals surface area contributed by atoms with E-state index < -0.39 is 6.43 Å². The number of terminal acetylenes is 1. The van der Waals surface area contributed by atoms with Crippen LogP contribution in [0.5, 0.6) is 0 Å². The van der Waals surface area contributed by atoms with Crippen LogP contribution >= 0.6 is 12.4 Å². The van der Waals surface area contributed by atoms with Crippen molar-refractivity contribution in [3.63, 3.8) is 0 Å². The van der Waals surface area contributed by atoms with Crippen molar-refractivity contribution in [1.82, 2.24) is 5.32 Å². The van der Waals surface area contributed by atoms with Crippen LogP contribution in [-0.2, 0) is 0 Å². The van der Waals surface area contributed by atoms with Gasteiger partial charge in [0.25, 0.3) is 6.43 Å². The second-order valence-corrected chi connectivity index (χ2v) is 1.23. The van der Waals surface area contributed by atoms with Crippen LogP contribution in [0.4, 0.5) is 8.78 Å². The Labute approximate surface area is 59.2 Å². The molecule has 0 aliphatic carbocycles. The molecule has 0 bridgehead atoms. The third-order valence-corrected chi connectivity index (χ3v) is 0.526. The minimum Gasteiger partial charge on any atom is -0.301 e. The molecule has 9 heavy (non-hydrogen) atoms. The lowest BCUT2D eigenvalue weighted by atomic mass is 10.6. The van der Waals surface area contributed by atoms with Gasteiger partial charge in [-0.3, -0.25) is 0 Å². The van der Waals surface area contributed by atoms with E-state index in [9.17, 15) is 8.78 Å². The average molecular weight is 156 g/mol. The van der Waals surface area contributed by atoms with E-state index in [-0.39, 0.29) is 25.5 Å². The first kappa shape index (κ1) is 11.5. The highest BCUT2D eigenvalue weighted by molar-refractivity contribution is 5.85. The molecule has 0 amide bonds. The molecule has 0 unspecified atom stereocenters. The van der Waals surface area contributed by atoms with Crippen LogP contribution < -0.4 is 5.32 Å². The quantitative estimate of drug-likeness (QED) is 0.472. The molecule has 0 aliphatic heterocycles. The van der Waals surface area contributed by atoms with Crippen LogP contribution in [-0.4, -0.2) is 19.5 Å². The van der Waals surface area contributed by atoms with Gasteiger partial charge < -0.3 is 5.32 Å². The van der Waals surface area contributed by atoms with Crippen LogP contribution in [0.15, 0.2) is 0 Å². The number of halogens is 3. The van der Waals surface area contributed by atoms with Gasteiger partial charge in [0, 0.05) is 0 Å². The minimum atomic E-state index is -2.30. The Hall–Kier alpha value is -0.330. The Kier molecular flexibility index (Phi) is 9.77. The molecule has 4 heteroatoms. The van der Waals surface area contributed by atoms with Gasteiger partial charge >= 0.3 is 0 Å². The number of nitrogens with one attached hydrogen (secondary N) is 1. The standard InChI is InChI=1S/C5H7F2N.ClH/c1-2-3-8-4-5(6)7;/h1,5,8H,3-4H2;1H. The molecule has 0 spiro atoms. The fourth-order valence-corrected chi connectivity index (χ4v) is 0.253. The van der Waals surface area contributed by atoms with Crippen molar-refractivity contribution in [2.75, 3.05) is 13.1 Å². The summed E-state index contributed by atoms with van der Waals surface area (Å²) in [5.74, 6) is 2.18. The van der Waals surface area contributed by atoms with Crippen LogP contribution in [0.1, 0.15) is 0 Å². The zero-order valence-corrected chi connectivity index (χ0v) is 5.55. The fourth-order valence-electron chi connectivity index (χ4n) is 0.253. The fraction of sp³-hybridized carbons (Fsp3) is 0.600. The molecule has 1 nitrogen and oxygen atoms in total. The number of hydrogen-bond acceptors (Lipinski definition) is 1. The molecule has 0 saturated heterocycles. The molecular weight excluding hydrogens is 148 g/mol. The zero-order chi connectivity index (χ0) is 6.41. The number of hydrogen-bond donors (Lipinski definition) is 1. The van der Waals surface area contributed by atoms with Crippen molar-refractivity contribution >= 4 is 12.4 Å². The van der Waals surface area contributed by atoms with Crippen LogP contribution in [0.25, 0.3) is 0 Å². The zero-order valence-electron chi connectivity index (χ0n) is 4.73. The van der Waals surface area contributed by atoms with Gasteiger partial charge in [-0.1, -0.05) is 5.92 Å². The summed E-state index contributed by atoms with van der Waals surface area (Å²) in [6.45, 7) is -0.103. The molecular formula is C5H8ClF2N. The summed E-state index contributed by atoms with van der Waals surface area (Å²) in [4.78, 5) is 0. The van der Waals surface area contributed by atoms with Gasteiger partial charge in [-0.25, -0.2) is 8.78 Å². The highest BCUT2D eigenvalue weighted by atomic mass is 35.5. The van der Waals surface area contributed by atoms with Crippen LogP contribution in [0.3, 0.4) is 0 Å². The molecule has 0 aromatic heterocycles. The highest BCUT2D eigenvalue weighted by Crippen LogP contribution is 1.85. The molecule has 0 saturated carbocycles. The number of rotatable bonds is 3. The summed E-state index contributed by atoms with van der Waals surface area (Å²) >= 11 is 0. The van der Waals surface area contributed by atoms with Crippen molar-refractivity contribution < 1.29 is 8.78 Å². The van der Waals surface area contributed by atoms with Crippen LogP contribution in [0, 0.1) is 12.3 Å². The summed E-state index contributed by atoms with van der Waals surface area (Å²) in [6.07, 6.45) is 2.45. The lowest BCUT2D eigenvalue weighted by molar-refractivity contribution is 0.147. The first-order valence-corrected chi connectivity index (χ1v) is 2.19. The topological polar surface area (TPSA) is 12.0 Å². The van der Waals surface area contributed by atoms with Crippen molar-refractivity contribution in [3.05, 3.63) is 0 Å². The molecule has 0 fully saturated rings. The van der Waals surface area contributed by atoms with Gasteiger partial charge in [0.05, 0.1) is 13.1 Å². The molecule has 0 atom stereocenters. The van der Waals surface area contributed by atoms with Crippen molar-refractivity contribution in [3.8, 4) is 12.3 Å². The summed E-state index contributed by atoms with van der Waals surface area (Å²) in [5, 5.41) is 2.35. The summed E-state index contributed by atoms with van der Waals surface area (Å²) in [5.41, 5.74) is 0. The maximum Gasteiger partial charge on any atom is 0.250 e. The van der Waals surface area contributed by atoms with E-state index in [1.165, 1.54) is 0 Å². The molecule has 0 radical (unpaired) electrons. The maximum atomic E-state index is 11.2. The summed E-state index contributed by atoms with van der Waals surface area (Å²) in [6, 6.07) is 0. The lowest BCUT2D eigenvalue weighted by Gasteiger charge is -1.95. The minimum absolute atomic E-state index is 0. The van der Waals surface area contributed by atoms with E-state index in [1.54, 1.807) is 0 Å². The van der Waals surface area contributed by atoms with E-state index in [0.29, 0.717) is 0 Å². The van der Waals surface area contributed by atoms with Gasteiger partial charge in [-0.2, -0.15) is 0 Å². The van der Waals surface area contributed by atoms with Gasteiger partial charge in [-0.05, 0) is 0 Å². The normalized spacial score (nSPS) is 8.22. The Morgan fingerprint density at radius 1 is 1.56 bits per heavy atom. The largest absolute Gasteiger partial charge is 0.301 e. The first-order chi connectivity index (χ1) is 3.77. The molecule has 0 rings (SSSR count). The van der Waals surface area contributed by atoms with Gasteiger partial charge in [-0.15, -0.1) is 18.8 Å². The second kappa shape index (κ2) is 7.67. The van der Waals surface area contributed by atoms with Gasteiger partial charge in [0.1, 0.15) is 0 Å². The SMILES string of the molecule is C#CCNCC(F)F.Cl. The summed E-state index contributed by atoms with van der Waals surface area (Å²) < 4.78 is 22.5. The summed E-state index contributed by atoms with van der Waals surface area (Å²) in [7, 11) is 0. The first-order valence-electron chi connectivity index (χ1n) is 2.19. The van der Waals surface area contributed by atoms with E-state index in [4.69, 9.17) is 6.42 Å². The van der Waals surface area contributed by atoms with Gasteiger partial charge in [0.2, 0.25) is 0 Å². The van der Waals surface area contributed by atoms with E-state index in [0.717, 1.165) is 0 Å². The van der Waals surface area contributed by atoms with Crippen LogP contribution in [0.2, 0.25) is 0 Å². The Bertz CT molecular complexity index is 89.4. The second-order valence-electron chi connectivity index (χ2n) is 1.23.